The third-order valence-corrected chi connectivity index (χ3v) is 8.12. The number of aliphatic hydroxyl groups is 1. The summed E-state index contributed by atoms with van der Waals surface area (Å²) in [6.45, 7) is 0.760. The first-order valence-corrected chi connectivity index (χ1v) is 12.8. The molecular weight excluding hydrogens is 446 g/mol. The lowest BCUT2D eigenvalue weighted by atomic mass is 9.89. The van der Waals surface area contributed by atoms with Gasteiger partial charge in [-0.2, -0.15) is 0 Å². The molecule has 0 bridgehead atoms. The highest BCUT2D eigenvalue weighted by molar-refractivity contribution is 5.82. The van der Waals surface area contributed by atoms with E-state index in [4.69, 9.17) is 14.2 Å². The van der Waals surface area contributed by atoms with Crippen molar-refractivity contribution in [2.75, 3.05) is 18.5 Å². The predicted molar refractivity (Wildman–Crippen MR) is 128 cm³/mol. The van der Waals surface area contributed by atoms with Crippen LogP contribution in [0.15, 0.2) is 36.9 Å². The molecule has 3 fully saturated rings. The Labute approximate surface area is 203 Å². The standard InChI is InChI=1S/C26H31N5O4/c32-13-19-21-22(35-26(34-21)10-17-8-4-5-9-18(17)11-26)25(33-19)31-15-30-20-23(28-14-29-24(20)31)27-12-16-6-2-1-3-7-16/h4-5,8-9,14-16,19,21-22,25,32H,1-3,6-7,10-13H2,(H,27,28,29)/t19-,21?,22+,25-/m1/s1. The first-order valence-electron chi connectivity index (χ1n) is 12.8. The quantitative estimate of drug-likeness (QED) is 0.578. The Morgan fingerprint density at radius 1 is 1.00 bits per heavy atom. The first-order chi connectivity index (χ1) is 17.2. The van der Waals surface area contributed by atoms with Crippen molar-refractivity contribution < 1.29 is 19.3 Å². The number of nitrogens with zero attached hydrogens (tertiary/aromatic N) is 4. The molecule has 9 nitrogen and oxygen atoms in total. The van der Waals surface area contributed by atoms with Crippen molar-refractivity contribution in [2.45, 2.75) is 75.3 Å². The minimum absolute atomic E-state index is 0.139. The molecule has 2 N–H and O–H groups in total. The van der Waals surface area contributed by atoms with Crippen molar-refractivity contribution in [3.05, 3.63) is 48.0 Å². The second kappa shape index (κ2) is 8.51. The van der Waals surface area contributed by atoms with E-state index in [2.05, 4.69) is 32.4 Å². The highest BCUT2D eigenvalue weighted by atomic mass is 16.8. The fourth-order valence-corrected chi connectivity index (χ4v) is 6.38. The number of hydrogen-bond acceptors (Lipinski definition) is 8. The van der Waals surface area contributed by atoms with Crippen LogP contribution in [0.2, 0.25) is 0 Å². The maximum atomic E-state index is 10.1. The van der Waals surface area contributed by atoms with Crippen molar-refractivity contribution >= 4 is 17.0 Å². The van der Waals surface area contributed by atoms with Gasteiger partial charge < -0.3 is 24.6 Å². The second-order valence-corrected chi connectivity index (χ2v) is 10.4. The molecule has 1 spiro atoms. The fraction of sp³-hybridized carbons (Fsp3) is 0.577. The molecule has 0 amide bonds. The highest BCUT2D eigenvalue weighted by Gasteiger charge is 2.60. The maximum absolute atomic E-state index is 10.1. The van der Waals surface area contributed by atoms with E-state index in [0.717, 1.165) is 17.9 Å². The van der Waals surface area contributed by atoms with Crippen LogP contribution in [-0.4, -0.2) is 61.9 Å². The number of hydrogen-bond donors (Lipinski definition) is 2. The van der Waals surface area contributed by atoms with Crippen molar-refractivity contribution in [1.82, 2.24) is 19.5 Å². The van der Waals surface area contributed by atoms with Crippen LogP contribution in [0, 0.1) is 5.92 Å². The number of aliphatic hydroxyl groups excluding tert-OH is 1. The van der Waals surface area contributed by atoms with E-state index in [-0.39, 0.29) is 18.8 Å². The fourth-order valence-electron chi connectivity index (χ4n) is 6.38. The molecule has 0 radical (unpaired) electrons. The summed E-state index contributed by atoms with van der Waals surface area (Å²) in [4.78, 5) is 13.7. The van der Waals surface area contributed by atoms with Gasteiger partial charge in [-0.15, -0.1) is 0 Å². The van der Waals surface area contributed by atoms with E-state index in [0.29, 0.717) is 24.4 Å². The smallest absolute Gasteiger partial charge is 0.177 e. The first kappa shape index (κ1) is 21.7. The number of imidazole rings is 1. The van der Waals surface area contributed by atoms with E-state index in [1.807, 2.05) is 16.7 Å². The molecule has 35 heavy (non-hydrogen) atoms. The van der Waals surface area contributed by atoms with Gasteiger partial charge in [-0.3, -0.25) is 4.57 Å². The second-order valence-electron chi connectivity index (χ2n) is 10.4. The van der Waals surface area contributed by atoms with Crippen LogP contribution in [0.25, 0.3) is 11.2 Å². The number of nitrogens with one attached hydrogen (secondary N) is 1. The minimum Gasteiger partial charge on any atom is -0.394 e. The average Bonchev–Trinajstić information content (AvgIpc) is 3.64. The lowest BCUT2D eigenvalue weighted by molar-refractivity contribution is -0.213. The van der Waals surface area contributed by atoms with Crippen LogP contribution < -0.4 is 5.32 Å². The summed E-state index contributed by atoms with van der Waals surface area (Å²) in [6.07, 6.45) is 9.50. The van der Waals surface area contributed by atoms with Gasteiger partial charge in [0.15, 0.2) is 29.0 Å². The van der Waals surface area contributed by atoms with E-state index in [9.17, 15) is 5.11 Å². The van der Waals surface area contributed by atoms with Gasteiger partial charge in [0, 0.05) is 19.4 Å². The minimum atomic E-state index is -0.716. The van der Waals surface area contributed by atoms with Crippen LogP contribution >= 0.6 is 0 Å². The third-order valence-electron chi connectivity index (χ3n) is 8.12. The van der Waals surface area contributed by atoms with Crippen molar-refractivity contribution in [1.29, 1.82) is 0 Å². The van der Waals surface area contributed by atoms with Crippen LogP contribution in [0.1, 0.15) is 49.5 Å². The Morgan fingerprint density at radius 3 is 2.54 bits per heavy atom. The SMILES string of the molecule is OC[C@H]1O[C@@H](n2cnc3c(NCC4CCCCC4)ncnc32)[C@H]2OC3(Cc4ccccc4C3)OC12. The van der Waals surface area contributed by atoms with Gasteiger partial charge in [0.2, 0.25) is 0 Å². The molecule has 7 rings (SSSR count). The third kappa shape index (κ3) is 3.64. The van der Waals surface area contributed by atoms with Gasteiger partial charge in [-0.05, 0) is 29.9 Å². The molecule has 2 aliphatic heterocycles. The van der Waals surface area contributed by atoms with Gasteiger partial charge in [-0.25, -0.2) is 15.0 Å². The molecule has 1 aromatic carbocycles. The molecule has 4 aliphatic rings. The summed E-state index contributed by atoms with van der Waals surface area (Å²) in [5.74, 6) is 0.710. The summed E-state index contributed by atoms with van der Waals surface area (Å²) in [6, 6.07) is 8.36. The summed E-state index contributed by atoms with van der Waals surface area (Å²) in [7, 11) is 0. The number of anilines is 1. The Kier molecular flexibility index (Phi) is 5.27. The van der Waals surface area contributed by atoms with Crippen molar-refractivity contribution in [2.24, 2.45) is 5.92 Å². The van der Waals surface area contributed by atoms with Crippen LogP contribution in [-0.2, 0) is 27.1 Å². The summed E-state index contributed by atoms with van der Waals surface area (Å²) in [5, 5.41) is 13.6. The van der Waals surface area contributed by atoms with Crippen molar-refractivity contribution in [3.8, 4) is 0 Å². The molecular formula is C26H31N5O4. The summed E-state index contributed by atoms with van der Waals surface area (Å²) >= 11 is 0. The molecule has 4 heterocycles. The molecule has 2 aliphatic carbocycles. The molecule has 2 aromatic heterocycles. The molecule has 184 valence electrons. The molecule has 1 unspecified atom stereocenters. The largest absolute Gasteiger partial charge is 0.394 e. The highest BCUT2D eigenvalue weighted by Crippen LogP contribution is 2.48. The van der Waals surface area contributed by atoms with Gasteiger partial charge >= 0.3 is 0 Å². The monoisotopic (exact) mass is 477 g/mol. The van der Waals surface area contributed by atoms with E-state index in [1.165, 1.54) is 43.2 Å². The zero-order valence-corrected chi connectivity index (χ0v) is 19.7. The predicted octanol–water partition coefficient (Wildman–Crippen LogP) is 2.99. The molecule has 9 heteroatoms. The zero-order chi connectivity index (χ0) is 23.4. The van der Waals surface area contributed by atoms with Crippen molar-refractivity contribution in [3.63, 3.8) is 0 Å². The van der Waals surface area contributed by atoms with Gasteiger partial charge in [0.1, 0.15) is 24.6 Å². The summed E-state index contributed by atoms with van der Waals surface area (Å²) < 4.78 is 21.3. The Hall–Kier alpha value is -2.59. The van der Waals surface area contributed by atoms with E-state index < -0.39 is 18.1 Å². The molecule has 1 saturated carbocycles. The number of fused-ring (bicyclic) bond motifs is 3. The maximum Gasteiger partial charge on any atom is 0.177 e. The number of rotatable bonds is 5. The average molecular weight is 478 g/mol. The lowest BCUT2D eigenvalue weighted by Crippen LogP contribution is -2.36. The summed E-state index contributed by atoms with van der Waals surface area (Å²) in [5.41, 5.74) is 3.91. The lowest BCUT2D eigenvalue weighted by Gasteiger charge is -2.27. The van der Waals surface area contributed by atoms with Gasteiger partial charge in [-0.1, -0.05) is 43.5 Å². The normalized spacial score (nSPS) is 29.6. The Morgan fingerprint density at radius 2 is 1.77 bits per heavy atom. The molecule has 3 aromatic rings. The van der Waals surface area contributed by atoms with Crippen LogP contribution in [0.5, 0.6) is 0 Å². The molecule has 2 saturated heterocycles. The van der Waals surface area contributed by atoms with E-state index in [1.54, 1.807) is 12.7 Å². The Balaban J connectivity index is 1.15. The van der Waals surface area contributed by atoms with Gasteiger partial charge in [0.05, 0.1) is 12.9 Å². The van der Waals surface area contributed by atoms with E-state index >= 15 is 0 Å². The number of benzene rings is 1. The zero-order valence-electron chi connectivity index (χ0n) is 19.7. The van der Waals surface area contributed by atoms with Gasteiger partial charge in [0.25, 0.3) is 0 Å². The molecule has 4 atom stereocenters. The van der Waals surface area contributed by atoms with Crippen LogP contribution in [0.4, 0.5) is 5.82 Å². The van der Waals surface area contributed by atoms with Crippen LogP contribution in [0.3, 0.4) is 0 Å². The topological polar surface area (TPSA) is 104 Å². The number of aromatic nitrogens is 4. The Bertz CT molecular complexity index is 1200. The number of ether oxygens (including phenoxy) is 3.